The van der Waals surface area contributed by atoms with Gasteiger partial charge in [-0.1, -0.05) is 60.6 Å². The molecule has 0 bridgehead atoms. The van der Waals surface area contributed by atoms with E-state index in [1.54, 1.807) is 24.3 Å². The molecule has 172 valence electrons. The zero-order chi connectivity index (χ0) is 24.2. The fraction of sp³-hybridized carbons (Fsp3) is 0.125. The summed E-state index contributed by atoms with van der Waals surface area (Å²) < 4.78 is 1.54. The monoisotopic (exact) mass is 494 g/mol. The third-order valence-electron chi connectivity index (χ3n) is 5.13. The lowest BCUT2D eigenvalue weighted by Crippen LogP contribution is -2.23. The van der Waals surface area contributed by atoms with Crippen LogP contribution in [0.3, 0.4) is 0 Å². The van der Waals surface area contributed by atoms with Gasteiger partial charge in [0, 0.05) is 12.1 Å². The highest BCUT2D eigenvalue weighted by atomic mass is 35.5. The number of benzene rings is 3. The summed E-state index contributed by atoms with van der Waals surface area (Å²) in [6.45, 7) is 2.01. The van der Waals surface area contributed by atoms with E-state index >= 15 is 0 Å². The molecule has 0 aliphatic rings. The van der Waals surface area contributed by atoms with Gasteiger partial charge in [0.05, 0.1) is 38.0 Å². The van der Waals surface area contributed by atoms with Gasteiger partial charge in [-0.05, 0) is 36.2 Å². The average Bonchev–Trinajstić information content (AvgIpc) is 2.84. The first kappa shape index (κ1) is 23.5. The smallest absolute Gasteiger partial charge is 0.271 e. The molecule has 8 nitrogen and oxygen atoms in total. The minimum absolute atomic E-state index is 0.0492. The maximum atomic E-state index is 13.4. The van der Waals surface area contributed by atoms with Crippen LogP contribution in [-0.2, 0) is 11.2 Å². The van der Waals surface area contributed by atoms with Gasteiger partial charge >= 0.3 is 0 Å². The van der Waals surface area contributed by atoms with Crippen molar-refractivity contribution in [2.24, 2.45) is 0 Å². The number of nitro benzene ring substituents is 1. The largest absolute Gasteiger partial charge is 0.324 e. The van der Waals surface area contributed by atoms with Gasteiger partial charge in [-0.3, -0.25) is 24.3 Å². The summed E-state index contributed by atoms with van der Waals surface area (Å²) in [6, 6.07) is 18.5. The van der Waals surface area contributed by atoms with Crippen LogP contribution < -0.4 is 10.9 Å². The predicted octanol–water partition coefficient (Wildman–Crippen LogP) is 5.24. The number of halogens is 1. The number of thioether (sulfide) groups is 1. The van der Waals surface area contributed by atoms with Crippen molar-refractivity contribution in [3.8, 4) is 5.69 Å². The first-order chi connectivity index (χ1) is 16.4. The van der Waals surface area contributed by atoms with Crippen molar-refractivity contribution in [1.82, 2.24) is 9.55 Å². The van der Waals surface area contributed by atoms with Crippen molar-refractivity contribution in [2.45, 2.75) is 18.5 Å². The number of non-ortho nitro benzene ring substituents is 1. The predicted molar refractivity (Wildman–Crippen MR) is 134 cm³/mol. The second kappa shape index (κ2) is 10.1. The average molecular weight is 495 g/mol. The molecule has 1 amide bonds. The molecule has 3 aromatic carbocycles. The number of hydrogen-bond acceptors (Lipinski definition) is 6. The van der Waals surface area contributed by atoms with Crippen LogP contribution in [0.2, 0.25) is 5.02 Å². The number of carbonyl (C=O) groups is 1. The van der Waals surface area contributed by atoms with E-state index in [0.29, 0.717) is 16.1 Å². The Morgan fingerprint density at radius 2 is 1.88 bits per heavy atom. The fourth-order valence-corrected chi connectivity index (χ4v) is 4.51. The molecule has 0 fully saturated rings. The number of nitro groups is 1. The number of anilines is 1. The van der Waals surface area contributed by atoms with E-state index in [0.717, 1.165) is 29.4 Å². The maximum Gasteiger partial charge on any atom is 0.271 e. The molecule has 10 heteroatoms. The summed E-state index contributed by atoms with van der Waals surface area (Å²) in [4.78, 5) is 41.0. The fourth-order valence-electron chi connectivity index (χ4n) is 3.48. The Labute approximate surface area is 203 Å². The molecule has 1 N–H and O–H groups in total. The minimum atomic E-state index is -0.563. The molecule has 0 atom stereocenters. The summed E-state index contributed by atoms with van der Waals surface area (Å²) >= 11 is 7.20. The number of nitrogens with one attached hydrogen (secondary N) is 1. The van der Waals surface area contributed by atoms with Crippen LogP contribution in [0.1, 0.15) is 12.5 Å². The Balaban J connectivity index is 1.66. The quantitative estimate of drug-likeness (QED) is 0.163. The Morgan fingerprint density at radius 1 is 1.15 bits per heavy atom. The number of rotatable bonds is 7. The number of para-hydroxylation sites is 2. The highest BCUT2D eigenvalue weighted by Gasteiger charge is 2.17. The van der Waals surface area contributed by atoms with E-state index in [1.165, 1.54) is 22.8 Å². The van der Waals surface area contributed by atoms with Gasteiger partial charge in [0.2, 0.25) is 5.91 Å². The highest BCUT2D eigenvalue weighted by Crippen LogP contribution is 2.28. The highest BCUT2D eigenvalue weighted by molar-refractivity contribution is 7.99. The van der Waals surface area contributed by atoms with E-state index in [-0.39, 0.29) is 27.7 Å². The Morgan fingerprint density at radius 3 is 2.62 bits per heavy atom. The zero-order valence-electron chi connectivity index (χ0n) is 18.0. The summed E-state index contributed by atoms with van der Waals surface area (Å²) in [5.41, 5.74) is 2.11. The summed E-state index contributed by atoms with van der Waals surface area (Å²) in [5, 5.41) is 14.5. The lowest BCUT2D eigenvalue weighted by atomic mass is 10.1. The molecule has 0 unspecified atom stereocenters. The van der Waals surface area contributed by atoms with Crippen LogP contribution in [0, 0.1) is 10.1 Å². The summed E-state index contributed by atoms with van der Waals surface area (Å²) in [7, 11) is 0. The number of hydrogen-bond donors (Lipinski definition) is 1. The standard InChI is InChI=1S/C24H19ClN4O4S/c1-2-15-7-3-6-10-21(15)28-23(31)17-8-4-5-9-19(17)27-24(28)34-14-22(30)26-20-12-11-16(29(32)33)13-18(20)25/h3-13H,2,14H2,1H3,(H,26,30). The van der Waals surface area contributed by atoms with E-state index in [1.807, 2.05) is 31.2 Å². The molecule has 0 radical (unpaired) electrons. The number of aryl methyl sites for hydroxylation is 1. The van der Waals surface area contributed by atoms with Gasteiger partial charge in [-0.15, -0.1) is 0 Å². The molecular weight excluding hydrogens is 476 g/mol. The number of amides is 1. The van der Waals surface area contributed by atoms with E-state index in [9.17, 15) is 19.7 Å². The molecule has 0 saturated heterocycles. The molecule has 4 aromatic rings. The lowest BCUT2D eigenvalue weighted by Gasteiger charge is -2.16. The van der Waals surface area contributed by atoms with Crippen molar-refractivity contribution < 1.29 is 9.72 Å². The molecule has 4 rings (SSSR count). The maximum absolute atomic E-state index is 13.4. The summed E-state index contributed by atoms with van der Waals surface area (Å²) in [6.07, 6.45) is 0.721. The van der Waals surface area contributed by atoms with Gasteiger partial charge in [-0.25, -0.2) is 4.98 Å². The molecule has 1 heterocycles. The number of aromatic nitrogens is 2. The van der Waals surface area contributed by atoms with Crippen LogP contribution in [0.4, 0.5) is 11.4 Å². The zero-order valence-corrected chi connectivity index (χ0v) is 19.6. The van der Waals surface area contributed by atoms with Gasteiger partial charge in [0.1, 0.15) is 0 Å². The van der Waals surface area contributed by atoms with Crippen LogP contribution in [0.25, 0.3) is 16.6 Å². The van der Waals surface area contributed by atoms with Crippen molar-refractivity contribution in [1.29, 1.82) is 0 Å². The van der Waals surface area contributed by atoms with E-state index in [2.05, 4.69) is 10.3 Å². The Kier molecular flexibility index (Phi) is 6.95. The van der Waals surface area contributed by atoms with Gasteiger partial charge in [0.15, 0.2) is 5.16 Å². The van der Waals surface area contributed by atoms with Gasteiger partial charge in [0.25, 0.3) is 11.2 Å². The first-order valence-electron chi connectivity index (χ1n) is 10.4. The number of carbonyl (C=O) groups excluding carboxylic acids is 1. The molecule has 34 heavy (non-hydrogen) atoms. The molecule has 0 spiro atoms. The molecule has 0 aliphatic carbocycles. The third-order valence-corrected chi connectivity index (χ3v) is 6.38. The van der Waals surface area contributed by atoms with Crippen LogP contribution in [0.15, 0.2) is 76.7 Å². The first-order valence-corrected chi connectivity index (χ1v) is 11.7. The van der Waals surface area contributed by atoms with E-state index < -0.39 is 10.8 Å². The Hall–Kier alpha value is -3.69. The van der Waals surface area contributed by atoms with Crippen molar-refractivity contribution in [2.75, 3.05) is 11.1 Å². The SMILES string of the molecule is CCc1ccccc1-n1c(SCC(=O)Nc2ccc([N+](=O)[O-])cc2Cl)nc2ccccc2c1=O. The normalized spacial score (nSPS) is 10.9. The van der Waals surface area contributed by atoms with Crippen LogP contribution in [0.5, 0.6) is 0 Å². The van der Waals surface area contributed by atoms with Crippen LogP contribution >= 0.6 is 23.4 Å². The number of nitrogens with zero attached hydrogens (tertiary/aromatic N) is 3. The molecule has 1 aromatic heterocycles. The second-order valence-electron chi connectivity index (χ2n) is 7.29. The van der Waals surface area contributed by atoms with Crippen molar-refractivity contribution >= 4 is 51.5 Å². The van der Waals surface area contributed by atoms with E-state index in [4.69, 9.17) is 11.6 Å². The molecular formula is C24H19ClN4O4S. The molecule has 0 aliphatic heterocycles. The van der Waals surface area contributed by atoms with Crippen molar-refractivity contribution in [3.63, 3.8) is 0 Å². The Bertz CT molecular complexity index is 1470. The number of fused-ring (bicyclic) bond motifs is 1. The molecule has 0 saturated carbocycles. The third kappa shape index (κ3) is 4.80. The minimum Gasteiger partial charge on any atom is -0.324 e. The van der Waals surface area contributed by atoms with Crippen LogP contribution in [-0.4, -0.2) is 26.1 Å². The van der Waals surface area contributed by atoms with Gasteiger partial charge < -0.3 is 5.32 Å². The summed E-state index contributed by atoms with van der Waals surface area (Å²) in [5.74, 6) is -0.440. The topological polar surface area (TPSA) is 107 Å². The second-order valence-corrected chi connectivity index (χ2v) is 8.64. The van der Waals surface area contributed by atoms with Crippen molar-refractivity contribution in [3.05, 3.63) is 97.8 Å². The lowest BCUT2D eigenvalue weighted by molar-refractivity contribution is -0.384. The van der Waals surface area contributed by atoms with Gasteiger partial charge in [-0.2, -0.15) is 0 Å².